The number of halogens is 3. The van der Waals surface area contributed by atoms with Crippen molar-refractivity contribution in [3.63, 3.8) is 0 Å². The van der Waals surface area contributed by atoms with E-state index in [2.05, 4.69) is 42.9 Å². The third-order valence-corrected chi connectivity index (χ3v) is 2.21. The van der Waals surface area contributed by atoms with Gasteiger partial charge in [0, 0.05) is 13.8 Å². The predicted octanol–water partition coefficient (Wildman–Crippen LogP) is 1.10. The molecule has 0 saturated carbocycles. The Hall–Kier alpha value is -0.350. The molecule has 0 aliphatic heterocycles. The summed E-state index contributed by atoms with van der Waals surface area (Å²) < 4.78 is 0. The number of rotatable bonds is 4. The lowest BCUT2D eigenvalue weighted by atomic mass is 10.3. The number of Topliss-reactive ketones (excluding diaryl/α,β-unsaturated/α-hetero) is 3. The van der Waals surface area contributed by atoms with Gasteiger partial charge in [0.1, 0.15) is 5.71 Å². The first-order chi connectivity index (χ1) is 7.90. The second-order valence-electron chi connectivity index (χ2n) is 2.35. The summed E-state index contributed by atoms with van der Waals surface area (Å²) in [6.07, 6.45) is 0. The molecule has 108 valence electrons. The summed E-state index contributed by atoms with van der Waals surface area (Å²) in [7, 11) is 0. The zero-order valence-corrected chi connectivity index (χ0v) is 13.7. The molecule has 0 amide bonds. The van der Waals surface area contributed by atoms with Gasteiger partial charge in [-0.15, -0.1) is 12.4 Å². The third kappa shape index (κ3) is 18.0. The van der Waals surface area contributed by atoms with Gasteiger partial charge in [-0.1, -0.05) is 37.0 Å². The van der Waals surface area contributed by atoms with Crippen LogP contribution in [0.2, 0.25) is 0 Å². The van der Waals surface area contributed by atoms with Crippen LogP contribution in [0.15, 0.2) is 5.16 Å². The monoisotopic (exact) mass is 412 g/mol. The first-order valence-electron chi connectivity index (χ1n) is 4.04. The van der Waals surface area contributed by atoms with Gasteiger partial charge in [0.15, 0.2) is 11.6 Å². The van der Waals surface area contributed by atoms with Gasteiger partial charge in [-0.2, -0.15) is 0 Å². The molecule has 0 aromatic carbocycles. The molecule has 10 heteroatoms. The SMILES string of the molecule is CC(=O)C(=O)CBr.CC(=O)C(CBr)=NO.Cl.NO. The molecule has 0 spiro atoms. The van der Waals surface area contributed by atoms with E-state index in [4.69, 9.17) is 10.4 Å². The predicted molar refractivity (Wildman–Crippen MR) is 76.4 cm³/mol. The first-order valence-corrected chi connectivity index (χ1v) is 6.28. The maximum Gasteiger partial charge on any atom is 0.208 e. The molecule has 0 aliphatic rings. The molecule has 0 saturated heterocycles. The highest BCUT2D eigenvalue weighted by molar-refractivity contribution is 9.09. The summed E-state index contributed by atoms with van der Waals surface area (Å²) in [4.78, 5) is 30.4. The zero-order chi connectivity index (χ0) is 14.4. The van der Waals surface area contributed by atoms with Gasteiger partial charge in [0.25, 0.3) is 0 Å². The Morgan fingerprint density at radius 3 is 1.44 bits per heavy atom. The molecule has 18 heavy (non-hydrogen) atoms. The summed E-state index contributed by atoms with van der Waals surface area (Å²) in [5, 5.41) is 17.7. The van der Waals surface area contributed by atoms with E-state index < -0.39 is 5.78 Å². The third-order valence-electron chi connectivity index (χ3n) is 1.17. The van der Waals surface area contributed by atoms with Crippen LogP contribution in [0.3, 0.4) is 0 Å². The molecule has 0 atom stereocenters. The van der Waals surface area contributed by atoms with Crippen LogP contribution in [-0.2, 0) is 14.4 Å². The summed E-state index contributed by atoms with van der Waals surface area (Å²) in [6, 6.07) is 0. The number of nitrogens with zero attached hydrogens (tertiary/aromatic N) is 1. The Bertz CT molecular complexity index is 287. The smallest absolute Gasteiger partial charge is 0.208 e. The number of nitrogens with two attached hydrogens (primary N) is 1. The molecular formula is C8H15Br2ClN2O5. The second-order valence-corrected chi connectivity index (χ2v) is 3.47. The van der Waals surface area contributed by atoms with E-state index in [1.54, 1.807) is 0 Å². The molecule has 0 aromatic heterocycles. The summed E-state index contributed by atoms with van der Waals surface area (Å²) >= 11 is 5.81. The highest BCUT2D eigenvalue weighted by Gasteiger charge is 2.02. The molecule has 0 radical (unpaired) electrons. The second kappa shape index (κ2) is 19.0. The minimum Gasteiger partial charge on any atom is -0.411 e. The average molecular weight is 414 g/mol. The van der Waals surface area contributed by atoms with Crippen LogP contribution in [-0.4, -0.2) is 44.1 Å². The minimum atomic E-state index is -0.392. The lowest BCUT2D eigenvalue weighted by Crippen LogP contribution is -2.10. The molecule has 0 aromatic rings. The van der Waals surface area contributed by atoms with Crippen molar-refractivity contribution >= 4 is 67.3 Å². The van der Waals surface area contributed by atoms with Gasteiger partial charge in [0.2, 0.25) is 5.78 Å². The van der Waals surface area contributed by atoms with Crippen molar-refractivity contribution < 1.29 is 24.8 Å². The van der Waals surface area contributed by atoms with Crippen molar-refractivity contribution in [1.29, 1.82) is 0 Å². The highest BCUT2D eigenvalue weighted by atomic mass is 79.9. The van der Waals surface area contributed by atoms with Gasteiger partial charge >= 0.3 is 0 Å². The van der Waals surface area contributed by atoms with Crippen molar-refractivity contribution in [3.05, 3.63) is 0 Å². The molecule has 0 fully saturated rings. The highest BCUT2D eigenvalue weighted by Crippen LogP contribution is 1.86. The number of ketones is 3. The maximum atomic E-state index is 10.3. The van der Waals surface area contributed by atoms with Gasteiger partial charge in [0.05, 0.1) is 10.7 Å². The Labute approximate surface area is 127 Å². The van der Waals surface area contributed by atoms with Crippen LogP contribution in [0.4, 0.5) is 0 Å². The molecule has 0 aliphatic carbocycles. The van der Waals surface area contributed by atoms with Crippen molar-refractivity contribution in [3.8, 4) is 0 Å². The molecule has 7 nitrogen and oxygen atoms in total. The van der Waals surface area contributed by atoms with E-state index in [9.17, 15) is 14.4 Å². The Morgan fingerprint density at radius 2 is 1.44 bits per heavy atom. The lowest BCUT2D eigenvalue weighted by molar-refractivity contribution is -0.133. The summed E-state index contributed by atoms with van der Waals surface area (Å²) in [6.45, 7) is 2.60. The summed E-state index contributed by atoms with van der Waals surface area (Å²) in [5.74, 6) is 2.52. The Balaban J connectivity index is -0.0000000916. The van der Waals surface area contributed by atoms with Crippen LogP contribution >= 0.6 is 44.3 Å². The van der Waals surface area contributed by atoms with E-state index in [-0.39, 0.29) is 35.0 Å². The van der Waals surface area contributed by atoms with Crippen LogP contribution < -0.4 is 5.90 Å². The Kier molecular flexibility index (Phi) is 27.7. The number of oxime groups is 1. The van der Waals surface area contributed by atoms with Crippen LogP contribution in [0.5, 0.6) is 0 Å². The fourth-order valence-corrected chi connectivity index (χ4v) is 1.19. The quantitative estimate of drug-likeness (QED) is 0.208. The molecular weight excluding hydrogens is 399 g/mol. The number of carbonyl (C=O) groups excluding carboxylic acids is 3. The van der Waals surface area contributed by atoms with E-state index in [1.165, 1.54) is 13.8 Å². The topological polar surface area (TPSA) is 130 Å². The van der Waals surface area contributed by atoms with Crippen molar-refractivity contribution in [1.82, 2.24) is 0 Å². The van der Waals surface area contributed by atoms with Crippen molar-refractivity contribution in [2.75, 3.05) is 10.7 Å². The maximum absolute atomic E-state index is 10.3. The van der Waals surface area contributed by atoms with Crippen LogP contribution in [0.25, 0.3) is 0 Å². The fourth-order valence-electron chi connectivity index (χ4n) is 0.285. The summed E-state index contributed by atoms with van der Waals surface area (Å²) in [5.41, 5.74) is 0.144. The molecule has 4 N–H and O–H groups in total. The lowest BCUT2D eigenvalue weighted by Gasteiger charge is -1.88. The molecule has 0 heterocycles. The first kappa shape index (κ1) is 26.3. The fraction of sp³-hybridized carbons (Fsp3) is 0.500. The number of alkyl halides is 2. The van der Waals surface area contributed by atoms with Gasteiger partial charge in [-0.05, 0) is 0 Å². The van der Waals surface area contributed by atoms with E-state index in [0.29, 0.717) is 5.33 Å². The van der Waals surface area contributed by atoms with Gasteiger partial charge in [-0.3, -0.25) is 14.4 Å². The number of hydrogen-bond acceptors (Lipinski definition) is 7. The van der Waals surface area contributed by atoms with Gasteiger partial charge < -0.3 is 10.4 Å². The number of hydrogen-bond donors (Lipinski definition) is 3. The van der Waals surface area contributed by atoms with Crippen molar-refractivity contribution in [2.24, 2.45) is 11.1 Å². The Morgan fingerprint density at radius 1 is 1.06 bits per heavy atom. The number of carbonyl (C=O) groups is 3. The molecule has 0 rings (SSSR count). The zero-order valence-electron chi connectivity index (χ0n) is 9.72. The van der Waals surface area contributed by atoms with Crippen LogP contribution in [0.1, 0.15) is 13.8 Å². The van der Waals surface area contributed by atoms with Crippen molar-refractivity contribution in [2.45, 2.75) is 13.8 Å². The van der Waals surface area contributed by atoms with Crippen LogP contribution in [0, 0.1) is 0 Å². The normalized spacial score (nSPS) is 8.67. The van der Waals surface area contributed by atoms with E-state index >= 15 is 0 Å². The minimum absolute atomic E-state index is 0. The molecule has 0 unspecified atom stereocenters. The van der Waals surface area contributed by atoms with Gasteiger partial charge in [-0.25, -0.2) is 5.90 Å². The van der Waals surface area contributed by atoms with E-state index in [1.807, 2.05) is 0 Å². The van der Waals surface area contributed by atoms with E-state index in [0.717, 1.165) is 0 Å². The largest absolute Gasteiger partial charge is 0.411 e. The molecule has 0 bridgehead atoms. The average Bonchev–Trinajstić information content (AvgIpc) is 2.32. The standard InChI is InChI=1S/C4H6BrNO2.C4H5BrO2.ClH.H3NO/c1-3(7)4(2-5)6-8;1-3(6)4(7)2-5;;1-2/h8H,2H2,1H3;2H2,1H3;1H;2H,1H2.